The molecule has 0 radical (unpaired) electrons. The van der Waals surface area contributed by atoms with Gasteiger partial charge in [0.15, 0.2) is 0 Å². The second-order valence-corrected chi connectivity index (χ2v) is 7.54. The van der Waals surface area contributed by atoms with E-state index in [2.05, 4.69) is 4.98 Å². The SMILES string of the molecule is CC(C)(C)Oc1ccc(-c2ccc(C(C)(C)C)c(F)c2)cn1. The second-order valence-electron chi connectivity index (χ2n) is 7.54. The van der Waals surface area contributed by atoms with E-state index in [-0.39, 0.29) is 16.8 Å². The highest BCUT2D eigenvalue weighted by Crippen LogP contribution is 2.29. The van der Waals surface area contributed by atoms with Crippen molar-refractivity contribution in [1.29, 1.82) is 0 Å². The van der Waals surface area contributed by atoms with Crippen molar-refractivity contribution in [3.63, 3.8) is 0 Å². The van der Waals surface area contributed by atoms with Crippen LogP contribution in [0.2, 0.25) is 0 Å². The standard InChI is InChI=1S/C19H24FNO/c1-18(2,3)15-9-7-13(11-16(15)20)14-8-10-17(21-12-14)22-19(4,5)6/h7-12H,1-6H3. The number of aromatic nitrogens is 1. The van der Waals surface area contributed by atoms with Gasteiger partial charge >= 0.3 is 0 Å². The Hall–Kier alpha value is -1.90. The molecule has 0 saturated carbocycles. The number of nitrogens with zero attached hydrogens (tertiary/aromatic N) is 1. The molecule has 0 atom stereocenters. The van der Waals surface area contributed by atoms with Crippen LogP contribution in [0.25, 0.3) is 11.1 Å². The minimum Gasteiger partial charge on any atom is -0.472 e. The van der Waals surface area contributed by atoms with E-state index >= 15 is 0 Å². The summed E-state index contributed by atoms with van der Waals surface area (Å²) in [7, 11) is 0. The predicted molar refractivity (Wildman–Crippen MR) is 88.7 cm³/mol. The lowest BCUT2D eigenvalue weighted by Crippen LogP contribution is -2.23. The van der Waals surface area contributed by atoms with E-state index in [4.69, 9.17) is 4.74 Å². The zero-order chi connectivity index (χ0) is 16.5. The lowest BCUT2D eigenvalue weighted by molar-refractivity contribution is 0.124. The lowest BCUT2D eigenvalue weighted by atomic mass is 9.86. The third-order valence-corrected chi connectivity index (χ3v) is 3.26. The predicted octanol–water partition coefficient (Wildman–Crippen LogP) is 5.36. The van der Waals surface area contributed by atoms with Crippen molar-refractivity contribution in [3.8, 4) is 17.0 Å². The molecule has 22 heavy (non-hydrogen) atoms. The zero-order valence-electron chi connectivity index (χ0n) is 14.2. The van der Waals surface area contributed by atoms with Crippen molar-refractivity contribution in [2.24, 2.45) is 0 Å². The molecule has 3 heteroatoms. The Morgan fingerprint density at radius 3 is 2.00 bits per heavy atom. The molecular weight excluding hydrogens is 277 g/mol. The Kier molecular flexibility index (Phi) is 4.28. The molecule has 0 fully saturated rings. The summed E-state index contributed by atoms with van der Waals surface area (Å²) in [6, 6.07) is 9.08. The van der Waals surface area contributed by atoms with Crippen LogP contribution in [0.3, 0.4) is 0 Å². The number of hydrogen-bond acceptors (Lipinski definition) is 2. The van der Waals surface area contributed by atoms with E-state index in [1.807, 2.05) is 65.8 Å². The van der Waals surface area contributed by atoms with Gasteiger partial charge in [-0.05, 0) is 49.4 Å². The van der Waals surface area contributed by atoms with Gasteiger partial charge in [0.1, 0.15) is 11.4 Å². The van der Waals surface area contributed by atoms with Crippen LogP contribution in [0.5, 0.6) is 5.88 Å². The molecule has 0 aliphatic heterocycles. The van der Waals surface area contributed by atoms with Crippen LogP contribution >= 0.6 is 0 Å². The summed E-state index contributed by atoms with van der Waals surface area (Å²) in [6.45, 7) is 11.9. The average molecular weight is 301 g/mol. The third-order valence-electron chi connectivity index (χ3n) is 3.26. The van der Waals surface area contributed by atoms with E-state index in [1.54, 1.807) is 12.3 Å². The first-order valence-corrected chi connectivity index (χ1v) is 7.52. The van der Waals surface area contributed by atoms with Crippen LogP contribution in [0, 0.1) is 5.82 Å². The molecule has 0 N–H and O–H groups in total. The maximum Gasteiger partial charge on any atom is 0.213 e. The summed E-state index contributed by atoms with van der Waals surface area (Å²) in [5, 5.41) is 0. The van der Waals surface area contributed by atoms with E-state index < -0.39 is 0 Å². The first-order chi connectivity index (χ1) is 10.1. The molecule has 0 aliphatic rings. The summed E-state index contributed by atoms with van der Waals surface area (Å²) in [5.74, 6) is 0.392. The van der Waals surface area contributed by atoms with Crippen LogP contribution in [0.1, 0.15) is 47.1 Å². The molecular formula is C19H24FNO. The van der Waals surface area contributed by atoms with Crippen LogP contribution in [0.4, 0.5) is 4.39 Å². The molecule has 2 nitrogen and oxygen atoms in total. The molecule has 118 valence electrons. The molecule has 0 amide bonds. The quantitative estimate of drug-likeness (QED) is 0.744. The van der Waals surface area contributed by atoms with Crippen molar-refractivity contribution in [3.05, 3.63) is 47.9 Å². The van der Waals surface area contributed by atoms with Gasteiger partial charge in [0.2, 0.25) is 5.88 Å². The highest BCUT2D eigenvalue weighted by Gasteiger charge is 2.19. The number of pyridine rings is 1. The number of ether oxygens (including phenoxy) is 1. The maximum atomic E-state index is 14.3. The van der Waals surface area contributed by atoms with Gasteiger partial charge in [0.05, 0.1) is 0 Å². The summed E-state index contributed by atoms with van der Waals surface area (Å²) in [4.78, 5) is 4.30. The fourth-order valence-electron chi connectivity index (χ4n) is 2.23. The average Bonchev–Trinajstić information content (AvgIpc) is 2.36. The van der Waals surface area contributed by atoms with Crippen molar-refractivity contribution in [2.45, 2.75) is 52.6 Å². The van der Waals surface area contributed by atoms with Gasteiger partial charge in [-0.15, -0.1) is 0 Å². The van der Waals surface area contributed by atoms with Crippen molar-refractivity contribution < 1.29 is 9.13 Å². The van der Waals surface area contributed by atoms with Crippen LogP contribution in [-0.2, 0) is 5.41 Å². The summed E-state index contributed by atoms with van der Waals surface area (Å²) < 4.78 is 20.0. The van der Waals surface area contributed by atoms with Crippen molar-refractivity contribution >= 4 is 0 Å². The van der Waals surface area contributed by atoms with Crippen LogP contribution in [0.15, 0.2) is 36.5 Å². The molecule has 0 saturated heterocycles. The Morgan fingerprint density at radius 1 is 0.909 bits per heavy atom. The third kappa shape index (κ3) is 4.06. The molecule has 1 heterocycles. The summed E-state index contributed by atoms with van der Waals surface area (Å²) in [5.41, 5.74) is 1.93. The Balaban J connectivity index is 2.28. The van der Waals surface area contributed by atoms with E-state index in [0.717, 1.165) is 16.7 Å². The Bertz CT molecular complexity index is 649. The van der Waals surface area contributed by atoms with E-state index in [1.165, 1.54) is 0 Å². The van der Waals surface area contributed by atoms with Gasteiger partial charge in [-0.1, -0.05) is 32.9 Å². The second kappa shape index (κ2) is 5.71. The van der Waals surface area contributed by atoms with Crippen LogP contribution in [-0.4, -0.2) is 10.6 Å². The minimum absolute atomic E-state index is 0.181. The number of rotatable bonds is 2. The van der Waals surface area contributed by atoms with Gasteiger partial charge < -0.3 is 4.74 Å². The number of halogens is 1. The van der Waals surface area contributed by atoms with E-state index in [0.29, 0.717) is 5.88 Å². The van der Waals surface area contributed by atoms with Crippen molar-refractivity contribution in [2.75, 3.05) is 0 Å². The minimum atomic E-state index is -0.283. The first kappa shape index (κ1) is 16.5. The molecule has 0 bridgehead atoms. The van der Waals surface area contributed by atoms with Crippen molar-refractivity contribution in [1.82, 2.24) is 4.98 Å². The number of benzene rings is 1. The van der Waals surface area contributed by atoms with Crippen LogP contribution < -0.4 is 4.74 Å². The molecule has 2 aromatic rings. The fraction of sp³-hybridized carbons (Fsp3) is 0.421. The summed E-state index contributed by atoms with van der Waals surface area (Å²) in [6.07, 6.45) is 1.71. The molecule has 1 aromatic heterocycles. The molecule has 0 aliphatic carbocycles. The Morgan fingerprint density at radius 2 is 1.55 bits per heavy atom. The molecule has 1 aromatic carbocycles. The number of hydrogen-bond donors (Lipinski definition) is 0. The van der Waals surface area contributed by atoms with Gasteiger partial charge in [-0.3, -0.25) is 0 Å². The fourth-order valence-corrected chi connectivity index (χ4v) is 2.23. The highest BCUT2D eigenvalue weighted by atomic mass is 19.1. The smallest absolute Gasteiger partial charge is 0.213 e. The summed E-state index contributed by atoms with van der Waals surface area (Å²) >= 11 is 0. The maximum absolute atomic E-state index is 14.3. The highest BCUT2D eigenvalue weighted by molar-refractivity contribution is 5.63. The molecule has 0 unspecified atom stereocenters. The van der Waals surface area contributed by atoms with Gasteiger partial charge in [-0.2, -0.15) is 0 Å². The Labute approximate surface area is 132 Å². The lowest BCUT2D eigenvalue weighted by Gasteiger charge is -2.21. The van der Waals surface area contributed by atoms with Gasteiger partial charge in [-0.25, -0.2) is 9.37 Å². The zero-order valence-corrected chi connectivity index (χ0v) is 14.2. The monoisotopic (exact) mass is 301 g/mol. The first-order valence-electron chi connectivity index (χ1n) is 7.52. The largest absolute Gasteiger partial charge is 0.472 e. The molecule has 0 spiro atoms. The van der Waals surface area contributed by atoms with Gasteiger partial charge in [0, 0.05) is 17.8 Å². The van der Waals surface area contributed by atoms with E-state index in [9.17, 15) is 4.39 Å². The normalized spacial score (nSPS) is 12.3. The van der Waals surface area contributed by atoms with Gasteiger partial charge in [0.25, 0.3) is 0 Å². The topological polar surface area (TPSA) is 22.1 Å². The molecule has 2 rings (SSSR count).